The second-order valence-electron chi connectivity index (χ2n) is 4.84. The number of pyridine rings is 1. The number of rotatable bonds is 5. The largest absolute Gasteiger partial charge is 0.454 e. The second kappa shape index (κ2) is 8.65. The minimum Gasteiger partial charge on any atom is -0.454 e. The first-order valence-electron chi connectivity index (χ1n) is 7.11. The van der Waals surface area contributed by atoms with Gasteiger partial charge in [0.2, 0.25) is 0 Å². The fourth-order valence-electron chi connectivity index (χ4n) is 1.76. The van der Waals surface area contributed by atoms with Crippen LogP contribution in [0.4, 0.5) is 0 Å². The third-order valence-electron chi connectivity index (χ3n) is 2.98. The van der Waals surface area contributed by atoms with E-state index in [-0.39, 0.29) is 12.1 Å². The number of carbonyl (C=O) groups excluding carboxylic acids is 3. The molecule has 0 spiro atoms. The zero-order chi connectivity index (χ0) is 18.2. The Hall–Kier alpha value is -3.13. The lowest BCUT2D eigenvalue weighted by Crippen LogP contribution is -2.43. The first kappa shape index (κ1) is 18.2. The van der Waals surface area contributed by atoms with E-state index in [0.29, 0.717) is 10.6 Å². The molecule has 9 heteroatoms. The van der Waals surface area contributed by atoms with Gasteiger partial charge in [-0.3, -0.25) is 30.0 Å². The number of carbonyl (C=O) groups is 3. The lowest BCUT2D eigenvalue weighted by molar-refractivity contribution is -0.149. The maximum absolute atomic E-state index is 11.8. The predicted molar refractivity (Wildman–Crippen MR) is 88.7 cm³/mol. The van der Waals surface area contributed by atoms with E-state index in [1.54, 1.807) is 12.1 Å². The highest BCUT2D eigenvalue weighted by Crippen LogP contribution is 2.08. The van der Waals surface area contributed by atoms with Crippen molar-refractivity contribution in [2.24, 2.45) is 0 Å². The Morgan fingerprint density at radius 3 is 2.44 bits per heavy atom. The highest BCUT2D eigenvalue weighted by molar-refractivity contribution is 6.30. The molecule has 8 nitrogen and oxygen atoms in total. The van der Waals surface area contributed by atoms with Crippen molar-refractivity contribution in [3.05, 3.63) is 69.6 Å². The number of halogens is 1. The SMILES string of the molecule is O=C(COC(=O)Cn1ccccc1=O)NNC(=O)c1ccc(Cl)cc1. The van der Waals surface area contributed by atoms with E-state index in [1.165, 1.54) is 36.5 Å². The normalized spacial score (nSPS) is 9.96. The Balaban J connectivity index is 1.74. The molecule has 0 aliphatic rings. The number of nitrogens with zero attached hydrogens (tertiary/aromatic N) is 1. The van der Waals surface area contributed by atoms with Crippen LogP contribution in [-0.4, -0.2) is 29.0 Å². The molecule has 0 bridgehead atoms. The minimum absolute atomic E-state index is 0.296. The van der Waals surface area contributed by atoms with Crippen LogP contribution in [0.2, 0.25) is 5.02 Å². The smallest absolute Gasteiger partial charge is 0.326 e. The molecular formula is C16H14ClN3O5. The summed E-state index contributed by atoms with van der Waals surface area (Å²) < 4.78 is 5.88. The second-order valence-corrected chi connectivity index (χ2v) is 5.27. The van der Waals surface area contributed by atoms with Crippen molar-refractivity contribution in [3.8, 4) is 0 Å². The fraction of sp³-hybridized carbons (Fsp3) is 0.125. The van der Waals surface area contributed by atoms with E-state index in [9.17, 15) is 19.2 Å². The molecule has 0 saturated carbocycles. The molecule has 0 radical (unpaired) electrons. The van der Waals surface area contributed by atoms with Crippen molar-refractivity contribution in [2.75, 3.05) is 6.61 Å². The van der Waals surface area contributed by atoms with Crippen molar-refractivity contribution in [1.82, 2.24) is 15.4 Å². The Kier molecular flexibility index (Phi) is 6.30. The average molecular weight is 364 g/mol. The third kappa shape index (κ3) is 5.78. The number of amides is 2. The summed E-state index contributed by atoms with van der Waals surface area (Å²) in [5.41, 5.74) is 4.22. The van der Waals surface area contributed by atoms with Gasteiger partial charge in [-0.2, -0.15) is 0 Å². The van der Waals surface area contributed by atoms with Crippen LogP contribution in [0.15, 0.2) is 53.5 Å². The zero-order valence-electron chi connectivity index (χ0n) is 12.9. The van der Waals surface area contributed by atoms with Gasteiger partial charge in [0.1, 0.15) is 6.54 Å². The molecule has 2 N–H and O–H groups in total. The van der Waals surface area contributed by atoms with E-state index in [2.05, 4.69) is 10.9 Å². The van der Waals surface area contributed by atoms with Gasteiger partial charge in [-0.15, -0.1) is 0 Å². The summed E-state index contributed by atoms with van der Waals surface area (Å²) in [6.07, 6.45) is 1.43. The summed E-state index contributed by atoms with van der Waals surface area (Å²) in [6.45, 7) is -0.911. The van der Waals surface area contributed by atoms with Crippen LogP contribution in [0, 0.1) is 0 Å². The first-order chi connectivity index (χ1) is 12.0. The number of aromatic nitrogens is 1. The number of esters is 1. The molecule has 1 aromatic heterocycles. The Morgan fingerprint density at radius 1 is 1.04 bits per heavy atom. The van der Waals surface area contributed by atoms with E-state index in [0.717, 1.165) is 4.57 Å². The minimum atomic E-state index is -0.757. The Labute approximate surface area is 147 Å². The van der Waals surface area contributed by atoms with E-state index >= 15 is 0 Å². The van der Waals surface area contributed by atoms with Crippen LogP contribution in [-0.2, 0) is 20.9 Å². The van der Waals surface area contributed by atoms with Crippen molar-refractivity contribution >= 4 is 29.4 Å². The summed E-state index contributed by atoms with van der Waals surface area (Å²) in [6, 6.07) is 10.5. The van der Waals surface area contributed by atoms with Crippen LogP contribution in [0.25, 0.3) is 0 Å². The molecule has 130 valence electrons. The van der Waals surface area contributed by atoms with Crippen molar-refractivity contribution < 1.29 is 19.1 Å². The van der Waals surface area contributed by atoms with Crippen molar-refractivity contribution in [2.45, 2.75) is 6.54 Å². The van der Waals surface area contributed by atoms with Gasteiger partial charge in [-0.1, -0.05) is 17.7 Å². The number of hydrazine groups is 1. The topological polar surface area (TPSA) is 106 Å². The van der Waals surface area contributed by atoms with Gasteiger partial charge in [0.05, 0.1) is 0 Å². The van der Waals surface area contributed by atoms with Gasteiger partial charge in [-0.05, 0) is 30.3 Å². The molecule has 0 fully saturated rings. The maximum Gasteiger partial charge on any atom is 0.326 e. The van der Waals surface area contributed by atoms with E-state index < -0.39 is 24.4 Å². The Morgan fingerprint density at radius 2 is 1.76 bits per heavy atom. The van der Waals surface area contributed by atoms with Crippen LogP contribution >= 0.6 is 11.6 Å². The molecule has 0 atom stereocenters. The summed E-state index contributed by atoms with van der Waals surface area (Å²) >= 11 is 5.71. The third-order valence-corrected chi connectivity index (χ3v) is 3.24. The molecule has 2 amide bonds. The highest BCUT2D eigenvalue weighted by atomic mass is 35.5. The summed E-state index contributed by atoms with van der Waals surface area (Å²) in [5, 5.41) is 0.477. The maximum atomic E-state index is 11.8. The van der Waals surface area contributed by atoms with E-state index in [4.69, 9.17) is 16.3 Å². The molecular weight excluding hydrogens is 350 g/mol. The van der Waals surface area contributed by atoms with Gasteiger partial charge in [0.25, 0.3) is 17.4 Å². The van der Waals surface area contributed by atoms with Gasteiger partial charge in [-0.25, -0.2) is 0 Å². The molecule has 25 heavy (non-hydrogen) atoms. The van der Waals surface area contributed by atoms with Gasteiger partial charge in [0, 0.05) is 22.8 Å². The van der Waals surface area contributed by atoms with Gasteiger partial charge in [0.15, 0.2) is 6.61 Å². The number of benzene rings is 1. The number of ether oxygens (including phenoxy) is 1. The Bertz CT molecular complexity index is 832. The molecule has 2 rings (SSSR count). The number of hydrogen-bond donors (Lipinski definition) is 2. The standard InChI is InChI=1S/C16H14ClN3O5/c17-12-6-4-11(5-7-12)16(24)19-18-13(21)10-25-15(23)9-20-8-2-1-3-14(20)22/h1-8H,9-10H2,(H,18,21)(H,19,24). The van der Waals surface area contributed by atoms with Crippen molar-refractivity contribution in [3.63, 3.8) is 0 Å². The van der Waals surface area contributed by atoms with Crippen molar-refractivity contribution in [1.29, 1.82) is 0 Å². The molecule has 0 unspecified atom stereocenters. The molecule has 2 aromatic rings. The molecule has 0 saturated heterocycles. The summed E-state index contributed by atoms with van der Waals surface area (Å²) in [5.74, 6) is -2.03. The average Bonchev–Trinajstić information content (AvgIpc) is 2.60. The van der Waals surface area contributed by atoms with Crippen LogP contribution < -0.4 is 16.4 Å². The lowest BCUT2D eigenvalue weighted by atomic mass is 10.2. The first-order valence-corrected chi connectivity index (χ1v) is 7.49. The molecule has 1 heterocycles. The van der Waals surface area contributed by atoms with Crippen LogP contribution in [0.5, 0.6) is 0 Å². The number of hydrogen-bond acceptors (Lipinski definition) is 5. The molecule has 0 aliphatic carbocycles. The van der Waals surface area contributed by atoms with Gasteiger partial charge >= 0.3 is 5.97 Å². The van der Waals surface area contributed by atoms with Gasteiger partial charge < -0.3 is 9.30 Å². The zero-order valence-corrected chi connectivity index (χ0v) is 13.7. The highest BCUT2D eigenvalue weighted by Gasteiger charge is 2.10. The number of nitrogens with one attached hydrogen (secondary N) is 2. The quantitative estimate of drug-likeness (QED) is 0.594. The summed E-state index contributed by atoms with van der Waals surface area (Å²) in [4.78, 5) is 46.4. The van der Waals surface area contributed by atoms with Crippen LogP contribution in [0.3, 0.4) is 0 Å². The van der Waals surface area contributed by atoms with Crippen LogP contribution in [0.1, 0.15) is 10.4 Å². The van der Waals surface area contributed by atoms with E-state index in [1.807, 2.05) is 0 Å². The predicted octanol–water partition coefficient (Wildman–Crippen LogP) is 0.506. The lowest BCUT2D eigenvalue weighted by Gasteiger charge is -2.09. The monoisotopic (exact) mass is 363 g/mol. The summed E-state index contributed by atoms with van der Waals surface area (Å²) in [7, 11) is 0. The molecule has 0 aliphatic heterocycles. The fourth-order valence-corrected chi connectivity index (χ4v) is 1.88. The molecule has 1 aromatic carbocycles.